The Morgan fingerprint density at radius 2 is 2.00 bits per heavy atom. The van der Waals surface area contributed by atoms with E-state index in [0.717, 1.165) is 18.2 Å². The summed E-state index contributed by atoms with van der Waals surface area (Å²) < 4.78 is 37.1. The van der Waals surface area contributed by atoms with Gasteiger partial charge < -0.3 is 10.8 Å². The number of hydrogen-bond donors (Lipinski definition) is 2. The number of carbonyl (C=O) groups is 2. The second-order valence-electron chi connectivity index (χ2n) is 4.46. The fourth-order valence-electron chi connectivity index (χ4n) is 1.59. The molecule has 0 aliphatic carbocycles. The van der Waals surface area contributed by atoms with Crippen LogP contribution in [0.2, 0.25) is 0 Å². The second-order valence-corrected chi connectivity index (χ2v) is 6.57. The van der Waals surface area contributed by atoms with Gasteiger partial charge in [0.05, 0.1) is 17.4 Å². The number of rotatable bonds is 6. The Bertz CT molecular complexity index is 641. The Morgan fingerprint density at radius 1 is 1.40 bits per heavy atom. The molecule has 1 rings (SSSR count). The molecule has 1 unspecified atom stereocenters. The van der Waals surface area contributed by atoms with Crippen molar-refractivity contribution in [2.24, 2.45) is 11.7 Å². The molecule has 3 N–H and O–H groups in total. The van der Waals surface area contributed by atoms with Gasteiger partial charge in [0, 0.05) is 11.1 Å². The lowest BCUT2D eigenvalue weighted by molar-refractivity contribution is -0.140. The van der Waals surface area contributed by atoms with E-state index in [-0.39, 0.29) is 11.1 Å². The maximum Gasteiger partial charge on any atom is 0.307 e. The van der Waals surface area contributed by atoms with Crippen LogP contribution in [0.25, 0.3) is 0 Å². The van der Waals surface area contributed by atoms with Crippen molar-refractivity contribution >= 4 is 21.7 Å². The first-order valence-corrected chi connectivity index (χ1v) is 7.46. The standard InChI is InChI=1S/C12H14FNO5S/c1-7(12(16)17)5-20(18,19)6-9-4-8(11(14)15)2-3-10(9)13/h2-4,7H,5-6H2,1H3,(H2,14,15)(H,16,17). The minimum atomic E-state index is -3.82. The summed E-state index contributed by atoms with van der Waals surface area (Å²) in [6, 6.07) is 3.15. The maximum atomic E-state index is 13.5. The average molecular weight is 303 g/mol. The Hall–Kier alpha value is -1.96. The molecule has 20 heavy (non-hydrogen) atoms. The number of benzene rings is 1. The number of carboxylic acids is 1. The first kappa shape index (κ1) is 16.1. The molecule has 110 valence electrons. The number of aliphatic carboxylic acids is 1. The normalized spacial score (nSPS) is 12.9. The maximum absolute atomic E-state index is 13.5. The molecule has 0 heterocycles. The first-order chi connectivity index (χ1) is 9.12. The Labute approximate surface area is 115 Å². The third kappa shape index (κ3) is 4.30. The summed E-state index contributed by atoms with van der Waals surface area (Å²) in [6.07, 6.45) is 0. The van der Waals surface area contributed by atoms with Crippen LogP contribution in [-0.2, 0) is 20.4 Å². The monoisotopic (exact) mass is 303 g/mol. The van der Waals surface area contributed by atoms with E-state index < -0.39 is 45.0 Å². The van der Waals surface area contributed by atoms with Gasteiger partial charge in [0.15, 0.2) is 9.84 Å². The summed E-state index contributed by atoms with van der Waals surface area (Å²) in [6.45, 7) is 1.25. The van der Waals surface area contributed by atoms with Gasteiger partial charge in [-0.3, -0.25) is 9.59 Å². The number of primary amides is 1. The predicted molar refractivity (Wildman–Crippen MR) is 69.2 cm³/mol. The van der Waals surface area contributed by atoms with Crippen LogP contribution in [0.4, 0.5) is 4.39 Å². The van der Waals surface area contributed by atoms with Gasteiger partial charge in [-0.15, -0.1) is 0 Å². The second kappa shape index (κ2) is 6.00. The fraction of sp³-hybridized carbons (Fsp3) is 0.333. The molecule has 1 amide bonds. The van der Waals surface area contributed by atoms with Crippen LogP contribution in [0, 0.1) is 11.7 Å². The van der Waals surface area contributed by atoms with E-state index in [4.69, 9.17) is 10.8 Å². The third-order valence-electron chi connectivity index (χ3n) is 2.63. The fourth-order valence-corrected chi connectivity index (χ4v) is 3.30. The van der Waals surface area contributed by atoms with Crippen molar-refractivity contribution in [1.82, 2.24) is 0 Å². The van der Waals surface area contributed by atoms with E-state index in [0.29, 0.717) is 0 Å². The van der Waals surface area contributed by atoms with Gasteiger partial charge in [-0.25, -0.2) is 12.8 Å². The number of halogens is 1. The molecule has 0 radical (unpaired) electrons. The van der Waals surface area contributed by atoms with Crippen molar-refractivity contribution in [3.63, 3.8) is 0 Å². The molecule has 0 aliphatic rings. The van der Waals surface area contributed by atoms with E-state index in [1.807, 2.05) is 0 Å². The van der Waals surface area contributed by atoms with Crippen molar-refractivity contribution < 1.29 is 27.5 Å². The van der Waals surface area contributed by atoms with Crippen LogP contribution in [0.3, 0.4) is 0 Å². The van der Waals surface area contributed by atoms with Gasteiger partial charge in [0.25, 0.3) is 0 Å². The zero-order chi connectivity index (χ0) is 15.5. The highest BCUT2D eigenvalue weighted by Crippen LogP contribution is 2.16. The van der Waals surface area contributed by atoms with E-state index in [2.05, 4.69) is 0 Å². The van der Waals surface area contributed by atoms with Crippen LogP contribution in [0.1, 0.15) is 22.8 Å². The van der Waals surface area contributed by atoms with Crippen LogP contribution in [-0.4, -0.2) is 31.2 Å². The molecule has 0 fully saturated rings. The minimum Gasteiger partial charge on any atom is -0.481 e. The molecule has 1 atom stereocenters. The molecular weight excluding hydrogens is 289 g/mol. The number of nitrogens with two attached hydrogens (primary N) is 1. The van der Waals surface area contributed by atoms with E-state index in [1.54, 1.807) is 0 Å². The topological polar surface area (TPSA) is 115 Å². The first-order valence-electron chi connectivity index (χ1n) is 5.64. The molecular formula is C12H14FNO5S. The van der Waals surface area contributed by atoms with Gasteiger partial charge >= 0.3 is 5.97 Å². The smallest absolute Gasteiger partial charge is 0.307 e. The molecule has 0 bridgehead atoms. The predicted octanol–water partition coefficient (Wildman–Crippen LogP) is 0.560. The summed E-state index contributed by atoms with van der Waals surface area (Å²) in [5.74, 6) is -5.23. The van der Waals surface area contributed by atoms with Crippen LogP contribution in [0.15, 0.2) is 18.2 Å². The van der Waals surface area contributed by atoms with Crippen molar-refractivity contribution in [3.8, 4) is 0 Å². The van der Waals surface area contributed by atoms with Crippen LogP contribution >= 0.6 is 0 Å². The van der Waals surface area contributed by atoms with E-state index in [1.165, 1.54) is 6.92 Å². The summed E-state index contributed by atoms with van der Waals surface area (Å²) in [5.41, 5.74) is 4.81. The summed E-state index contributed by atoms with van der Waals surface area (Å²) in [5, 5.41) is 8.68. The highest BCUT2D eigenvalue weighted by Gasteiger charge is 2.23. The van der Waals surface area contributed by atoms with Gasteiger partial charge in [0.2, 0.25) is 5.91 Å². The molecule has 0 saturated carbocycles. The van der Waals surface area contributed by atoms with Gasteiger partial charge in [-0.05, 0) is 18.2 Å². The number of carboxylic acid groups (broad SMARTS) is 1. The van der Waals surface area contributed by atoms with Crippen molar-refractivity contribution in [3.05, 3.63) is 35.1 Å². The lowest BCUT2D eigenvalue weighted by Gasteiger charge is -2.09. The summed E-state index contributed by atoms with van der Waals surface area (Å²) >= 11 is 0. The van der Waals surface area contributed by atoms with Gasteiger partial charge in [-0.2, -0.15) is 0 Å². The Kier molecular flexibility index (Phi) is 4.83. The minimum absolute atomic E-state index is 0.0112. The highest BCUT2D eigenvalue weighted by molar-refractivity contribution is 7.90. The third-order valence-corrected chi connectivity index (χ3v) is 4.39. The molecule has 1 aromatic rings. The van der Waals surface area contributed by atoms with Crippen molar-refractivity contribution in [1.29, 1.82) is 0 Å². The van der Waals surface area contributed by atoms with E-state index in [9.17, 15) is 22.4 Å². The Balaban J connectivity index is 3.00. The molecule has 0 aromatic heterocycles. The molecule has 0 saturated heterocycles. The van der Waals surface area contributed by atoms with Crippen LogP contribution < -0.4 is 5.73 Å². The summed E-state index contributed by atoms with van der Waals surface area (Å²) in [4.78, 5) is 21.6. The molecule has 8 heteroatoms. The largest absolute Gasteiger partial charge is 0.481 e. The number of carbonyl (C=O) groups excluding carboxylic acids is 1. The van der Waals surface area contributed by atoms with Crippen molar-refractivity contribution in [2.75, 3.05) is 5.75 Å². The van der Waals surface area contributed by atoms with Crippen LogP contribution in [0.5, 0.6) is 0 Å². The SMILES string of the molecule is CC(CS(=O)(=O)Cc1cc(C(N)=O)ccc1F)C(=O)O. The molecule has 6 nitrogen and oxygen atoms in total. The zero-order valence-corrected chi connectivity index (χ0v) is 11.5. The zero-order valence-electron chi connectivity index (χ0n) is 10.7. The highest BCUT2D eigenvalue weighted by atomic mass is 32.2. The van der Waals surface area contributed by atoms with Crippen molar-refractivity contribution in [2.45, 2.75) is 12.7 Å². The van der Waals surface area contributed by atoms with E-state index >= 15 is 0 Å². The number of sulfone groups is 1. The quantitative estimate of drug-likeness (QED) is 0.797. The number of hydrogen-bond acceptors (Lipinski definition) is 4. The molecule has 0 aliphatic heterocycles. The lowest BCUT2D eigenvalue weighted by Crippen LogP contribution is -2.22. The van der Waals surface area contributed by atoms with Gasteiger partial charge in [0.1, 0.15) is 5.82 Å². The van der Waals surface area contributed by atoms with Gasteiger partial charge in [-0.1, -0.05) is 6.92 Å². The average Bonchev–Trinajstić information content (AvgIpc) is 2.30. The number of amides is 1. The molecule has 1 aromatic carbocycles. The Morgan fingerprint density at radius 3 is 2.50 bits per heavy atom. The molecule has 0 spiro atoms. The summed E-state index contributed by atoms with van der Waals surface area (Å²) in [7, 11) is -3.82. The lowest BCUT2D eigenvalue weighted by atomic mass is 10.1.